The highest BCUT2D eigenvalue weighted by molar-refractivity contribution is 7.99. The third-order valence-corrected chi connectivity index (χ3v) is 6.78. The van der Waals surface area contributed by atoms with E-state index < -0.39 is 0 Å². The van der Waals surface area contributed by atoms with Crippen molar-refractivity contribution in [1.29, 1.82) is 0 Å². The van der Waals surface area contributed by atoms with Crippen LogP contribution in [0.3, 0.4) is 0 Å². The minimum atomic E-state index is -0.137. The molecule has 4 rings (SSSR count). The molecule has 0 aliphatic heterocycles. The highest BCUT2D eigenvalue weighted by Gasteiger charge is 2.16. The molecule has 30 heavy (non-hydrogen) atoms. The first-order chi connectivity index (χ1) is 14.4. The third-order valence-electron chi connectivity index (χ3n) is 4.79. The molecule has 0 unspecified atom stereocenters. The summed E-state index contributed by atoms with van der Waals surface area (Å²) >= 11 is 2.67. The Bertz CT molecular complexity index is 1270. The Balaban J connectivity index is 1.59. The van der Waals surface area contributed by atoms with Crippen molar-refractivity contribution in [2.75, 3.05) is 11.1 Å². The van der Waals surface area contributed by atoms with Gasteiger partial charge in [0.2, 0.25) is 5.91 Å². The van der Waals surface area contributed by atoms with Gasteiger partial charge in [0.05, 0.1) is 11.3 Å². The second-order valence-corrected chi connectivity index (χ2v) is 8.98. The normalized spacial score (nSPS) is 11.0. The number of thiophene rings is 1. The SMILES string of the molecule is Cc1ccc(NC(=O)CSc2nc3c(-c4ccc(C)cc4)csc3c(=O)n2C)cc1. The van der Waals surface area contributed by atoms with Crippen LogP contribution in [0, 0.1) is 13.8 Å². The summed E-state index contributed by atoms with van der Waals surface area (Å²) in [5, 5.41) is 5.38. The zero-order valence-electron chi connectivity index (χ0n) is 16.9. The molecule has 4 aromatic rings. The number of nitrogens with one attached hydrogen (secondary N) is 1. The summed E-state index contributed by atoms with van der Waals surface area (Å²) in [5.74, 6) is 0.0335. The van der Waals surface area contributed by atoms with Gasteiger partial charge >= 0.3 is 0 Å². The van der Waals surface area contributed by atoms with Crippen LogP contribution in [-0.4, -0.2) is 21.2 Å². The van der Waals surface area contributed by atoms with Gasteiger partial charge in [0.15, 0.2) is 5.16 Å². The molecule has 7 heteroatoms. The second-order valence-electron chi connectivity index (χ2n) is 7.15. The van der Waals surface area contributed by atoms with Gasteiger partial charge in [-0.2, -0.15) is 0 Å². The molecule has 2 aromatic carbocycles. The molecule has 0 aliphatic rings. The molecule has 0 bridgehead atoms. The van der Waals surface area contributed by atoms with E-state index in [0.29, 0.717) is 15.4 Å². The Morgan fingerprint density at radius 3 is 2.37 bits per heavy atom. The number of anilines is 1. The fraction of sp³-hybridized carbons (Fsp3) is 0.174. The smallest absolute Gasteiger partial charge is 0.271 e. The summed E-state index contributed by atoms with van der Waals surface area (Å²) in [4.78, 5) is 29.9. The Kier molecular flexibility index (Phi) is 5.74. The number of carbonyl (C=O) groups excluding carboxylic acids is 1. The molecule has 1 amide bonds. The van der Waals surface area contributed by atoms with Gasteiger partial charge in [-0.05, 0) is 31.5 Å². The first kappa shape index (κ1) is 20.4. The molecule has 0 radical (unpaired) electrons. The number of aryl methyl sites for hydroxylation is 2. The van der Waals surface area contributed by atoms with Crippen LogP contribution in [-0.2, 0) is 11.8 Å². The molecule has 0 fully saturated rings. The molecular weight excluding hydrogens is 414 g/mol. The molecule has 2 aromatic heterocycles. The number of rotatable bonds is 5. The van der Waals surface area contributed by atoms with Crippen molar-refractivity contribution >= 4 is 44.9 Å². The van der Waals surface area contributed by atoms with Gasteiger partial charge in [-0.15, -0.1) is 11.3 Å². The second kappa shape index (κ2) is 8.45. The molecule has 0 atom stereocenters. The van der Waals surface area contributed by atoms with Crippen molar-refractivity contribution in [1.82, 2.24) is 9.55 Å². The number of fused-ring (bicyclic) bond motifs is 1. The molecule has 0 spiro atoms. The lowest BCUT2D eigenvalue weighted by Crippen LogP contribution is -2.20. The maximum atomic E-state index is 12.8. The predicted octanol–water partition coefficient (Wildman–Crippen LogP) is 5.01. The highest BCUT2D eigenvalue weighted by atomic mass is 32.2. The number of thioether (sulfide) groups is 1. The van der Waals surface area contributed by atoms with Crippen molar-refractivity contribution in [3.63, 3.8) is 0 Å². The van der Waals surface area contributed by atoms with Crippen molar-refractivity contribution in [2.45, 2.75) is 19.0 Å². The number of carbonyl (C=O) groups is 1. The minimum absolute atomic E-state index is 0.0928. The quantitative estimate of drug-likeness (QED) is 0.354. The van der Waals surface area contributed by atoms with Crippen LogP contribution < -0.4 is 10.9 Å². The number of benzene rings is 2. The first-order valence-electron chi connectivity index (χ1n) is 9.47. The predicted molar refractivity (Wildman–Crippen MR) is 126 cm³/mol. The van der Waals surface area contributed by atoms with Gasteiger partial charge in [0.1, 0.15) is 4.70 Å². The third kappa shape index (κ3) is 4.17. The van der Waals surface area contributed by atoms with Gasteiger partial charge in [0.25, 0.3) is 5.56 Å². The number of amides is 1. The zero-order valence-corrected chi connectivity index (χ0v) is 18.6. The summed E-state index contributed by atoms with van der Waals surface area (Å²) in [6.45, 7) is 4.04. The molecule has 5 nitrogen and oxygen atoms in total. The Morgan fingerprint density at radius 2 is 1.70 bits per heavy atom. The molecule has 0 aliphatic carbocycles. The van der Waals surface area contributed by atoms with Crippen LogP contribution in [0.15, 0.2) is 63.9 Å². The monoisotopic (exact) mass is 435 g/mol. The fourth-order valence-electron chi connectivity index (χ4n) is 3.06. The van der Waals surface area contributed by atoms with Gasteiger partial charge in [-0.25, -0.2) is 4.98 Å². The average Bonchev–Trinajstić information content (AvgIpc) is 3.16. The van der Waals surface area contributed by atoms with Crippen LogP contribution in [0.2, 0.25) is 0 Å². The Hall–Kier alpha value is -2.90. The number of hydrogen-bond donors (Lipinski definition) is 1. The van der Waals surface area contributed by atoms with E-state index in [0.717, 1.165) is 22.4 Å². The lowest BCUT2D eigenvalue weighted by molar-refractivity contribution is -0.113. The van der Waals surface area contributed by atoms with E-state index in [2.05, 4.69) is 5.32 Å². The summed E-state index contributed by atoms with van der Waals surface area (Å²) in [6.07, 6.45) is 0. The van der Waals surface area contributed by atoms with Crippen molar-refractivity contribution in [3.05, 3.63) is 75.4 Å². The fourth-order valence-corrected chi connectivity index (χ4v) is 4.81. The molecule has 0 saturated heterocycles. The van der Waals surface area contributed by atoms with E-state index in [1.807, 2.05) is 67.8 Å². The van der Waals surface area contributed by atoms with E-state index in [9.17, 15) is 9.59 Å². The highest BCUT2D eigenvalue weighted by Crippen LogP contribution is 2.32. The van der Waals surface area contributed by atoms with Crippen molar-refractivity contribution in [2.24, 2.45) is 7.05 Å². The van der Waals surface area contributed by atoms with Crippen LogP contribution in [0.5, 0.6) is 0 Å². The molecule has 0 saturated carbocycles. The average molecular weight is 436 g/mol. The lowest BCUT2D eigenvalue weighted by atomic mass is 10.1. The van der Waals surface area contributed by atoms with Crippen LogP contribution in [0.4, 0.5) is 5.69 Å². The minimum Gasteiger partial charge on any atom is -0.325 e. The van der Waals surface area contributed by atoms with E-state index in [4.69, 9.17) is 4.98 Å². The summed E-state index contributed by atoms with van der Waals surface area (Å²) in [6, 6.07) is 15.8. The topological polar surface area (TPSA) is 64.0 Å². The van der Waals surface area contributed by atoms with Crippen molar-refractivity contribution in [3.8, 4) is 11.1 Å². The van der Waals surface area contributed by atoms with E-state index >= 15 is 0 Å². The van der Waals surface area contributed by atoms with Crippen LogP contribution >= 0.6 is 23.1 Å². The van der Waals surface area contributed by atoms with Gasteiger partial charge in [0, 0.05) is 23.7 Å². The lowest BCUT2D eigenvalue weighted by Gasteiger charge is -2.09. The largest absolute Gasteiger partial charge is 0.325 e. The summed E-state index contributed by atoms with van der Waals surface area (Å²) < 4.78 is 2.14. The maximum absolute atomic E-state index is 12.8. The summed E-state index contributed by atoms with van der Waals surface area (Å²) in [7, 11) is 1.69. The molecule has 2 heterocycles. The molecular formula is C23H21N3O2S2. The van der Waals surface area contributed by atoms with Gasteiger partial charge < -0.3 is 5.32 Å². The first-order valence-corrected chi connectivity index (χ1v) is 11.3. The van der Waals surface area contributed by atoms with Crippen LogP contribution in [0.25, 0.3) is 21.3 Å². The van der Waals surface area contributed by atoms with Crippen LogP contribution in [0.1, 0.15) is 11.1 Å². The van der Waals surface area contributed by atoms with Crippen molar-refractivity contribution < 1.29 is 4.79 Å². The van der Waals surface area contributed by atoms with E-state index in [-0.39, 0.29) is 17.2 Å². The van der Waals surface area contributed by atoms with E-state index in [1.165, 1.54) is 33.2 Å². The number of nitrogens with zero attached hydrogens (tertiary/aromatic N) is 2. The van der Waals surface area contributed by atoms with Gasteiger partial charge in [-0.1, -0.05) is 59.3 Å². The zero-order chi connectivity index (χ0) is 21.3. The number of hydrogen-bond acceptors (Lipinski definition) is 5. The Morgan fingerprint density at radius 1 is 1.07 bits per heavy atom. The van der Waals surface area contributed by atoms with E-state index in [1.54, 1.807) is 7.05 Å². The summed E-state index contributed by atoms with van der Waals surface area (Å²) in [5.41, 5.74) is 5.63. The Labute approximate surface area is 182 Å². The standard InChI is InChI=1S/C23H21N3O2S2/c1-14-4-8-16(9-5-14)18-12-29-21-20(18)25-23(26(3)22(21)28)30-13-19(27)24-17-10-6-15(2)7-11-17/h4-12H,13H2,1-3H3,(H,24,27). The van der Waals surface area contributed by atoms with Gasteiger partial charge in [-0.3, -0.25) is 14.2 Å². The number of aromatic nitrogens is 2. The molecule has 152 valence electrons. The maximum Gasteiger partial charge on any atom is 0.271 e. The molecule has 1 N–H and O–H groups in total.